The van der Waals surface area contributed by atoms with Crippen LogP contribution in [0.15, 0.2) is 29.2 Å². The zero-order valence-corrected chi connectivity index (χ0v) is 14.0. The van der Waals surface area contributed by atoms with Crippen molar-refractivity contribution in [2.75, 3.05) is 18.4 Å². The van der Waals surface area contributed by atoms with Gasteiger partial charge in [-0.3, -0.25) is 4.79 Å². The maximum Gasteiger partial charge on any atom is 0.240 e. The standard InChI is InChI=1S/C14H21N3O3S.ClH/c1-10(11-5-6-11)14(18)17-12-3-2-4-13(9-12)21(19,20)16-8-7-15;/h2-4,9-11,16H,5-8,15H2,1H3,(H,17,18);1H. The van der Waals surface area contributed by atoms with Gasteiger partial charge in [-0.15, -0.1) is 12.4 Å². The molecule has 0 aromatic heterocycles. The van der Waals surface area contributed by atoms with Crippen LogP contribution < -0.4 is 15.8 Å². The molecule has 8 heteroatoms. The summed E-state index contributed by atoms with van der Waals surface area (Å²) in [5.74, 6) is 0.353. The minimum Gasteiger partial charge on any atom is -0.329 e. The number of carbonyl (C=O) groups excluding carboxylic acids is 1. The highest BCUT2D eigenvalue weighted by atomic mass is 35.5. The first kappa shape index (κ1) is 18.9. The first-order valence-corrected chi connectivity index (χ1v) is 8.53. The molecule has 1 aliphatic carbocycles. The summed E-state index contributed by atoms with van der Waals surface area (Å²) in [7, 11) is -3.59. The zero-order valence-electron chi connectivity index (χ0n) is 12.4. The number of halogens is 1. The fourth-order valence-electron chi connectivity index (χ4n) is 2.08. The number of sulfonamides is 1. The topological polar surface area (TPSA) is 101 Å². The third-order valence-electron chi connectivity index (χ3n) is 3.59. The number of amides is 1. The molecular weight excluding hydrogens is 326 g/mol. The van der Waals surface area contributed by atoms with E-state index >= 15 is 0 Å². The van der Waals surface area contributed by atoms with Crippen LogP contribution in [0.1, 0.15) is 19.8 Å². The Hall–Kier alpha value is -1.15. The summed E-state index contributed by atoms with van der Waals surface area (Å²) in [4.78, 5) is 12.2. The molecule has 0 spiro atoms. The molecule has 0 heterocycles. The number of anilines is 1. The second kappa shape index (κ2) is 7.92. The van der Waals surface area contributed by atoms with Gasteiger partial charge in [-0.2, -0.15) is 0 Å². The van der Waals surface area contributed by atoms with E-state index in [-0.39, 0.29) is 42.2 Å². The summed E-state index contributed by atoms with van der Waals surface area (Å²) in [5.41, 5.74) is 5.78. The van der Waals surface area contributed by atoms with E-state index in [2.05, 4.69) is 10.0 Å². The SMILES string of the molecule is CC(C(=O)Nc1cccc(S(=O)(=O)NCCN)c1)C1CC1.Cl. The number of hydrogen-bond acceptors (Lipinski definition) is 4. The first-order chi connectivity index (χ1) is 9.94. The summed E-state index contributed by atoms with van der Waals surface area (Å²) in [6, 6.07) is 6.23. The van der Waals surface area contributed by atoms with Crippen LogP contribution in [0.2, 0.25) is 0 Å². The van der Waals surface area contributed by atoms with Crippen LogP contribution in [0.4, 0.5) is 5.69 Å². The van der Waals surface area contributed by atoms with Crippen molar-refractivity contribution in [1.29, 1.82) is 0 Å². The van der Waals surface area contributed by atoms with E-state index in [1.54, 1.807) is 12.1 Å². The van der Waals surface area contributed by atoms with E-state index in [9.17, 15) is 13.2 Å². The molecule has 1 aromatic carbocycles. The largest absolute Gasteiger partial charge is 0.329 e. The number of hydrogen-bond donors (Lipinski definition) is 3. The minimum atomic E-state index is -3.59. The van der Waals surface area contributed by atoms with Gasteiger partial charge in [0, 0.05) is 24.7 Å². The number of benzene rings is 1. The smallest absolute Gasteiger partial charge is 0.240 e. The molecule has 1 atom stereocenters. The number of rotatable bonds is 7. The van der Waals surface area contributed by atoms with Crippen LogP contribution in [0.5, 0.6) is 0 Å². The van der Waals surface area contributed by atoms with E-state index in [4.69, 9.17) is 5.73 Å². The van der Waals surface area contributed by atoms with Gasteiger partial charge in [0.2, 0.25) is 15.9 Å². The molecule has 1 saturated carbocycles. The fraction of sp³-hybridized carbons (Fsp3) is 0.500. The summed E-state index contributed by atoms with van der Waals surface area (Å²) < 4.78 is 26.4. The second-order valence-corrected chi connectivity index (χ2v) is 7.10. The Balaban J connectivity index is 0.00000242. The Morgan fingerprint density at radius 1 is 1.41 bits per heavy atom. The lowest BCUT2D eigenvalue weighted by Gasteiger charge is -2.12. The lowest BCUT2D eigenvalue weighted by Crippen LogP contribution is -2.29. The number of carbonyl (C=O) groups is 1. The van der Waals surface area contributed by atoms with Crippen molar-refractivity contribution in [3.63, 3.8) is 0 Å². The van der Waals surface area contributed by atoms with Gasteiger partial charge in [0.05, 0.1) is 4.90 Å². The molecule has 4 N–H and O–H groups in total. The third kappa shape index (κ3) is 4.95. The second-order valence-electron chi connectivity index (χ2n) is 5.33. The Kier molecular flexibility index (Phi) is 6.80. The molecule has 1 amide bonds. The van der Waals surface area contributed by atoms with Gasteiger partial charge in [-0.1, -0.05) is 13.0 Å². The molecule has 2 rings (SSSR count). The highest BCUT2D eigenvalue weighted by Crippen LogP contribution is 2.37. The lowest BCUT2D eigenvalue weighted by atomic mass is 10.1. The summed E-state index contributed by atoms with van der Waals surface area (Å²) >= 11 is 0. The summed E-state index contributed by atoms with van der Waals surface area (Å²) in [6.07, 6.45) is 2.18. The van der Waals surface area contributed by atoms with Gasteiger partial charge in [0.25, 0.3) is 0 Å². The lowest BCUT2D eigenvalue weighted by molar-refractivity contribution is -0.119. The van der Waals surface area contributed by atoms with Crippen LogP contribution in [-0.4, -0.2) is 27.4 Å². The molecule has 1 aliphatic rings. The van der Waals surface area contributed by atoms with Crippen LogP contribution in [-0.2, 0) is 14.8 Å². The van der Waals surface area contributed by atoms with Gasteiger partial charge in [-0.25, -0.2) is 13.1 Å². The van der Waals surface area contributed by atoms with Crippen molar-refractivity contribution in [2.45, 2.75) is 24.7 Å². The highest BCUT2D eigenvalue weighted by molar-refractivity contribution is 7.89. The maximum atomic E-state index is 12.0. The van der Waals surface area contributed by atoms with Gasteiger partial charge in [0.1, 0.15) is 0 Å². The van der Waals surface area contributed by atoms with Crippen molar-refractivity contribution in [3.8, 4) is 0 Å². The molecule has 0 bridgehead atoms. The van der Waals surface area contributed by atoms with Crippen LogP contribution in [0, 0.1) is 11.8 Å². The van der Waals surface area contributed by atoms with Gasteiger partial charge >= 0.3 is 0 Å². The van der Waals surface area contributed by atoms with Crippen molar-refractivity contribution in [2.24, 2.45) is 17.6 Å². The van der Waals surface area contributed by atoms with Crippen LogP contribution in [0.25, 0.3) is 0 Å². The van der Waals surface area contributed by atoms with Gasteiger partial charge < -0.3 is 11.1 Å². The van der Waals surface area contributed by atoms with Crippen LogP contribution >= 0.6 is 12.4 Å². The number of nitrogens with one attached hydrogen (secondary N) is 2. The molecule has 0 radical (unpaired) electrons. The Morgan fingerprint density at radius 3 is 2.68 bits per heavy atom. The zero-order chi connectivity index (χ0) is 15.5. The molecule has 124 valence electrons. The molecule has 0 aliphatic heterocycles. The quantitative estimate of drug-likeness (QED) is 0.692. The molecule has 0 saturated heterocycles. The van der Waals surface area contributed by atoms with Gasteiger partial charge in [-0.05, 0) is 37.0 Å². The first-order valence-electron chi connectivity index (χ1n) is 7.04. The van der Waals surface area contributed by atoms with Crippen molar-refractivity contribution in [3.05, 3.63) is 24.3 Å². The normalized spacial score (nSPS) is 15.7. The van der Waals surface area contributed by atoms with Crippen molar-refractivity contribution < 1.29 is 13.2 Å². The molecular formula is C14H22ClN3O3S. The summed E-state index contributed by atoms with van der Waals surface area (Å²) in [5, 5.41) is 2.78. The van der Waals surface area contributed by atoms with E-state index < -0.39 is 10.0 Å². The Bertz CT molecular complexity index is 618. The van der Waals surface area contributed by atoms with Gasteiger partial charge in [0.15, 0.2) is 0 Å². The number of nitrogens with two attached hydrogens (primary N) is 1. The maximum absolute atomic E-state index is 12.0. The average molecular weight is 348 g/mol. The fourth-order valence-corrected chi connectivity index (χ4v) is 3.18. The average Bonchev–Trinajstić information content (AvgIpc) is 3.29. The third-order valence-corrected chi connectivity index (χ3v) is 5.05. The predicted octanol–water partition coefficient (Wildman–Crippen LogP) is 1.33. The van der Waals surface area contributed by atoms with E-state index in [1.807, 2.05) is 6.92 Å². The molecule has 6 nitrogen and oxygen atoms in total. The molecule has 1 unspecified atom stereocenters. The monoisotopic (exact) mass is 347 g/mol. The molecule has 22 heavy (non-hydrogen) atoms. The van der Waals surface area contributed by atoms with Crippen molar-refractivity contribution in [1.82, 2.24) is 4.72 Å². The minimum absolute atomic E-state index is 0. The molecule has 1 fully saturated rings. The van der Waals surface area contributed by atoms with Crippen molar-refractivity contribution >= 4 is 34.0 Å². The van der Waals surface area contributed by atoms with Crippen LogP contribution in [0.3, 0.4) is 0 Å². The van der Waals surface area contributed by atoms with E-state index in [1.165, 1.54) is 12.1 Å². The predicted molar refractivity (Wildman–Crippen MR) is 88.5 cm³/mol. The molecule has 1 aromatic rings. The van der Waals surface area contributed by atoms with E-state index in [0.717, 1.165) is 12.8 Å². The highest BCUT2D eigenvalue weighted by Gasteiger charge is 2.32. The summed E-state index contributed by atoms with van der Waals surface area (Å²) in [6.45, 7) is 2.31. The van der Waals surface area contributed by atoms with E-state index in [0.29, 0.717) is 11.6 Å². The Morgan fingerprint density at radius 2 is 2.09 bits per heavy atom. The Labute approximate surface area is 137 Å².